The van der Waals surface area contributed by atoms with Crippen molar-refractivity contribution in [3.63, 3.8) is 0 Å². The van der Waals surface area contributed by atoms with E-state index in [1.165, 1.54) is 19.2 Å². The minimum Gasteiger partial charge on any atom is -0.464 e. The van der Waals surface area contributed by atoms with Crippen LogP contribution in [0.25, 0.3) is 10.9 Å². The summed E-state index contributed by atoms with van der Waals surface area (Å²) in [5.41, 5.74) is 2.75. The number of ether oxygens (including phenoxy) is 3. The minimum absolute atomic E-state index is 0.00476. The topological polar surface area (TPSA) is 62.6 Å². The molecule has 172 valence electrons. The van der Waals surface area contributed by atoms with Crippen molar-refractivity contribution in [3.05, 3.63) is 65.4 Å². The zero-order valence-corrected chi connectivity index (χ0v) is 19.4. The van der Waals surface area contributed by atoms with Crippen LogP contribution in [0.4, 0.5) is 4.39 Å². The molecule has 0 aliphatic rings. The maximum absolute atomic E-state index is 13.3. The van der Waals surface area contributed by atoms with Crippen molar-refractivity contribution in [2.24, 2.45) is 0 Å². The van der Waals surface area contributed by atoms with Crippen molar-refractivity contribution < 1.29 is 23.4 Å². The summed E-state index contributed by atoms with van der Waals surface area (Å²) in [5.74, 6) is -0.762. The van der Waals surface area contributed by atoms with E-state index < -0.39 is 5.97 Å². The molecule has 0 fully saturated rings. The third-order valence-corrected chi connectivity index (χ3v) is 5.05. The van der Waals surface area contributed by atoms with E-state index >= 15 is 0 Å². The Labute approximate surface area is 188 Å². The predicted molar refractivity (Wildman–Crippen MR) is 121 cm³/mol. The standard InChI is InChI=1S/C25H31FN2O4/c1-6-20(32-25(2,3)4)16-31-15-18-14-28(13-17-7-9-19(26)10-8-17)23-12-27-22(11-21(18)23)24(29)30-5/h7-12,14,20H,6,13,15-16H2,1-5H3. The van der Waals surface area contributed by atoms with Gasteiger partial charge in [-0.1, -0.05) is 19.1 Å². The van der Waals surface area contributed by atoms with E-state index in [9.17, 15) is 9.18 Å². The SMILES string of the molecule is CCC(COCc1cn(Cc2ccc(F)cc2)c2cnc(C(=O)OC)cc12)OC(C)(C)C. The lowest BCUT2D eigenvalue weighted by Gasteiger charge is -2.26. The smallest absolute Gasteiger partial charge is 0.356 e. The van der Waals surface area contributed by atoms with E-state index in [0.717, 1.165) is 28.5 Å². The van der Waals surface area contributed by atoms with Gasteiger partial charge < -0.3 is 18.8 Å². The predicted octanol–water partition coefficient (Wildman–Crippen LogP) is 5.12. The molecule has 0 radical (unpaired) electrons. The van der Waals surface area contributed by atoms with Gasteiger partial charge in [0.1, 0.15) is 11.5 Å². The van der Waals surface area contributed by atoms with Gasteiger partial charge in [-0.2, -0.15) is 0 Å². The molecule has 0 amide bonds. The Kier molecular flexibility index (Phi) is 7.64. The number of methoxy groups -OCH3 is 1. The molecule has 0 aliphatic carbocycles. The minimum atomic E-state index is -0.491. The first kappa shape index (κ1) is 23.9. The third kappa shape index (κ3) is 6.14. The summed E-state index contributed by atoms with van der Waals surface area (Å²) >= 11 is 0. The zero-order chi connectivity index (χ0) is 23.3. The van der Waals surface area contributed by atoms with Crippen LogP contribution < -0.4 is 0 Å². The van der Waals surface area contributed by atoms with Crippen molar-refractivity contribution in [2.45, 2.75) is 59.0 Å². The Hall–Kier alpha value is -2.77. The van der Waals surface area contributed by atoms with Gasteiger partial charge in [0.05, 0.1) is 43.7 Å². The molecule has 3 aromatic rings. The number of aromatic nitrogens is 2. The highest BCUT2D eigenvalue weighted by atomic mass is 19.1. The van der Waals surface area contributed by atoms with Crippen LogP contribution in [0.1, 0.15) is 55.7 Å². The second-order valence-corrected chi connectivity index (χ2v) is 8.76. The molecule has 1 atom stereocenters. The Balaban J connectivity index is 1.85. The van der Waals surface area contributed by atoms with Crippen molar-refractivity contribution >= 4 is 16.9 Å². The molecule has 1 aromatic carbocycles. The highest BCUT2D eigenvalue weighted by Gasteiger charge is 2.19. The first-order valence-electron chi connectivity index (χ1n) is 10.8. The average molecular weight is 443 g/mol. The normalized spacial score (nSPS) is 12.8. The summed E-state index contributed by atoms with van der Waals surface area (Å²) in [7, 11) is 1.33. The fraction of sp³-hybridized carbons (Fsp3) is 0.440. The van der Waals surface area contributed by atoms with E-state index in [1.54, 1.807) is 24.4 Å². The van der Waals surface area contributed by atoms with E-state index in [4.69, 9.17) is 14.2 Å². The zero-order valence-electron chi connectivity index (χ0n) is 19.4. The van der Waals surface area contributed by atoms with E-state index in [-0.39, 0.29) is 23.2 Å². The van der Waals surface area contributed by atoms with Crippen molar-refractivity contribution in [2.75, 3.05) is 13.7 Å². The molecule has 0 saturated carbocycles. The van der Waals surface area contributed by atoms with Crippen molar-refractivity contribution in [3.8, 4) is 0 Å². The molecule has 0 aliphatic heterocycles. The van der Waals surface area contributed by atoms with Crippen LogP contribution in [0.5, 0.6) is 0 Å². The lowest BCUT2D eigenvalue weighted by molar-refractivity contribution is -0.0957. The molecule has 32 heavy (non-hydrogen) atoms. The van der Waals surface area contributed by atoms with Crippen LogP contribution in [0, 0.1) is 5.82 Å². The van der Waals surface area contributed by atoms with E-state index in [2.05, 4.69) is 11.9 Å². The summed E-state index contributed by atoms with van der Waals surface area (Å²) in [6.45, 7) is 9.53. The van der Waals surface area contributed by atoms with Crippen molar-refractivity contribution in [1.29, 1.82) is 0 Å². The Morgan fingerprint density at radius 1 is 1.22 bits per heavy atom. The Morgan fingerprint density at radius 3 is 2.56 bits per heavy atom. The second kappa shape index (κ2) is 10.2. The Bertz CT molecular complexity index is 1050. The lowest BCUT2D eigenvalue weighted by atomic mass is 10.1. The highest BCUT2D eigenvalue weighted by Crippen LogP contribution is 2.24. The van der Waals surface area contributed by atoms with Gasteiger partial charge in [0.15, 0.2) is 0 Å². The summed E-state index contributed by atoms with van der Waals surface area (Å²) in [5, 5.41) is 0.868. The number of carbonyl (C=O) groups is 1. The molecule has 2 aromatic heterocycles. The van der Waals surface area contributed by atoms with Gasteiger partial charge in [0.2, 0.25) is 0 Å². The van der Waals surface area contributed by atoms with E-state index in [0.29, 0.717) is 19.8 Å². The van der Waals surface area contributed by atoms with Gasteiger partial charge >= 0.3 is 5.97 Å². The lowest BCUT2D eigenvalue weighted by Crippen LogP contribution is -2.30. The van der Waals surface area contributed by atoms with Gasteiger partial charge in [-0.05, 0) is 51.0 Å². The molecule has 6 nitrogen and oxygen atoms in total. The number of rotatable bonds is 9. The number of esters is 1. The summed E-state index contributed by atoms with van der Waals surface area (Å²) in [4.78, 5) is 16.3. The van der Waals surface area contributed by atoms with Crippen LogP contribution in [-0.4, -0.2) is 40.9 Å². The second-order valence-electron chi connectivity index (χ2n) is 8.76. The van der Waals surface area contributed by atoms with Gasteiger partial charge in [-0.15, -0.1) is 0 Å². The molecule has 3 rings (SSSR count). The molecule has 0 spiro atoms. The fourth-order valence-electron chi connectivity index (χ4n) is 3.55. The molecular weight excluding hydrogens is 411 g/mol. The highest BCUT2D eigenvalue weighted by molar-refractivity contribution is 5.93. The van der Waals surface area contributed by atoms with Crippen LogP contribution in [0.2, 0.25) is 0 Å². The number of fused-ring (bicyclic) bond motifs is 1. The number of nitrogens with zero attached hydrogens (tertiary/aromatic N) is 2. The Morgan fingerprint density at radius 2 is 1.94 bits per heavy atom. The van der Waals surface area contributed by atoms with Gasteiger partial charge in [-0.25, -0.2) is 14.2 Å². The van der Waals surface area contributed by atoms with Gasteiger partial charge in [-0.3, -0.25) is 0 Å². The van der Waals surface area contributed by atoms with Crippen LogP contribution in [0.15, 0.2) is 42.7 Å². The van der Waals surface area contributed by atoms with Crippen LogP contribution in [-0.2, 0) is 27.4 Å². The largest absolute Gasteiger partial charge is 0.464 e. The van der Waals surface area contributed by atoms with Crippen molar-refractivity contribution in [1.82, 2.24) is 9.55 Å². The molecule has 0 bridgehead atoms. The number of benzene rings is 1. The van der Waals surface area contributed by atoms with Gasteiger partial charge in [0, 0.05) is 23.7 Å². The first-order valence-corrected chi connectivity index (χ1v) is 10.8. The summed E-state index contributed by atoms with van der Waals surface area (Å²) in [6.07, 6.45) is 4.49. The monoisotopic (exact) mass is 442 g/mol. The molecule has 0 saturated heterocycles. The average Bonchev–Trinajstić information content (AvgIpc) is 3.09. The number of hydrogen-bond donors (Lipinski definition) is 0. The third-order valence-electron chi connectivity index (χ3n) is 5.05. The number of carbonyl (C=O) groups excluding carboxylic acids is 1. The maximum atomic E-state index is 13.3. The first-order chi connectivity index (χ1) is 15.2. The van der Waals surface area contributed by atoms with Crippen LogP contribution >= 0.6 is 0 Å². The fourth-order valence-corrected chi connectivity index (χ4v) is 3.55. The van der Waals surface area contributed by atoms with Crippen LogP contribution in [0.3, 0.4) is 0 Å². The maximum Gasteiger partial charge on any atom is 0.356 e. The quantitative estimate of drug-likeness (QED) is 0.431. The molecule has 1 unspecified atom stereocenters. The summed E-state index contributed by atoms with van der Waals surface area (Å²) in [6, 6.07) is 8.12. The molecule has 7 heteroatoms. The molecular formula is C25H31FN2O4. The van der Waals surface area contributed by atoms with Gasteiger partial charge in [0.25, 0.3) is 0 Å². The number of halogens is 1. The van der Waals surface area contributed by atoms with E-state index in [1.807, 2.05) is 31.5 Å². The number of hydrogen-bond acceptors (Lipinski definition) is 5. The molecule has 2 heterocycles. The summed E-state index contributed by atoms with van der Waals surface area (Å²) < 4.78 is 32.2. The number of pyridine rings is 1. The molecule has 0 N–H and O–H groups in total.